The van der Waals surface area contributed by atoms with Crippen molar-refractivity contribution in [2.24, 2.45) is 5.92 Å². The maximum absolute atomic E-state index is 12.0. The topological polar surface area (TPSA) is 53.6 Å². The monoisotopic (exact) mass is 341 g/mol. The molecule has 21 heavy (non-hydrogen) atoms. The zero-order valence-electron chi connectivity index (χ0n) is 13.0. The summed E-state index contributed by atoms with van der Waals surface area (Å²) in [6, 6.07) is 0.321. The van der Waals surface area contributed by atoms with Crippen LogP contribution in [0.15, 0.2) is 0 Å². The molecule has 2 aliphatic heterocycles. The van der Waals surface area contributed by atoms with Gasteiger partial charge in [-0.1, -0.05) is 13.8 Å². The van der Waals surface area contributed by atoms with Gasteiger partial charge >= 0.3 is 0 Å². The second-order valence-electron chi connectivity index (χ2n) is 6.04. The maximum atomic E-state index is 12.0. The summed E-state index contributed by atoms with van der Waals surface area (Å²) in [5.74, 6) is 0.766. The highest BCUT2D eigenvalue weighted by atomic mass is 35.5. The third kappa shape index (κ3) is 7.15. The standard InChI is InChI=1S/C14H27N3O2.2ClH/c1-11(2)10-17-6-3-12(4-7-17)16-14(18)13-9-15-5-8-19-13;;/h11-13,15H,3-10H2,1-2H3,(H,16,18);2*1H. The molecule has 7 heteroatoms. The number of nitrogens with zero attached hydrogens (tertiary/aromatic N) is 1. The minimum absolute atomic E-state index is 0. The van der Waals surface area contributed by atoms with Gasteiger partial charge in [0.25, 0.3) is 5.91 Å². The van der Waals surface area contributed by atoms with Gasteiger partial charge in [0.15, 0.2) is 0 Å². The van der Waals surface area contributed by atoms with Crippen molar-refractivity contribution in [1.29, 1.82) is 0 Å². The van der Waals surface area contributed by atoms with Crippen LogP contribution in [0.2, 0.25) is 0 Å². The normalized spacial score (nSPS) is 24.0. The van der Waals surface area contributed by atoms with Gasteiger partial charge < -0.3 is 20.3 Å². The van der Waals surface area contributed by atoms with Crippen LogP contribution in [0.1, 0.15) is 26.7 Å². The Hall–Kier alpha value is -0.0700. The van der Waals surface area contributed by atoms with Crippen molar-refractivity contribution < 1.29 is 9.53 Å². The summed E-state index contributed by atoms with van der Waals surface area (Å²) in [5.41, 5.74) is 0. The van der Waals surface area contributed by atoms with E-state index in [0.717, 1.165) is 39.0 Å². The zero-order chi connectivity index (χ0) is 13.7. The highest BCUT2D eigenvalue weighted by molar-refractivity contribution is 5.85. The van der Waals surface area contributed by atoms with E-state index in [-0.39, 0.29) is 36.8 Å². The van der Waals surface area contributed by atoms with Crippen LogP contribution in [0.25, 0.3) is 0 Å². The third-order valence-corrected chi connectivity index (χ3v) is 3.78. The van der Waals surface area contributed by atoms with Gasteiger partial charge in [-0.15, -0.1) is 24.8 Å². The molecule has 5 nitrogen and oxygen atoms in total. The molecular formula is C14H29Cl2N3O2. The van der Waals surface area contributed by atoms with Crippen LogP contribution in [0.3, 0.4) is 0 Å². The Morgan fingerprint density at radius 1 is 1.33 bits per heavy atom. The Bertz CT molecular complexity index is 292. The second-order valence-corrected chi connectivity index (χ2v) is 6.04. The smallest absolute Gasteiger partial charge is 0.250 e. The molecule has 2 aliphatic rings. The molecule has 2 rings (SSSR count). The minimum Gasteiger partial charge on any atom is -0.366 e. The van der Waals surface area contributed by atoms with Crippen molar-refractivity contribution >= 4 is 30.7 Å². The van der Waals surface area contributed by atoms with E-state index in [1.165, 1.54) is 0 Å². The molecule has 0 bridgehead atoms. The van der Waals surface area contributed by atoms with Crippen LogP contribution >= 0.6 is 24.8 Å². The number of amides is 1. The fraction of sp³-hybridized carbons (Fsp3) is 0.929. The second kappa shape index (κ2) is 10.6. The van der Waals surface area contributed by atoms with Gasteiger partial charge in [0.2, 0.25) is 0 Å². The van der Waals surface area contributed by atoms with Crippen LogP contribution < -0.4 is 10.6 Å². The number of ether oxygens (including phenoxy) is 1. The summed E-state index contributed by atoms with van der Waals surface area (Å²) in [7, 11) is 0. The summed E-state index contributed by atoms with van der Waals surface area (Å²) < 4.78 is 5.47. The fourth-order valence-electron chi connectivity index (χ4n) is 2.80. The lowest BCUT2D eigenvalue weighted by molar-refractivity contribution is -0.135. The number of carbonyl (C=O) groups is 1. The first kappa shape index (κ1) is 20.9. The first-order valence-corrected chi connectivity index (χ1v) is 7.50. The molecule has 0 aromatic heterocycles. The summed E-state index contributed by atoms with van der Waals surface area (Å²) in [6.07, 6.45) is 1.81. The number of likely N-dealkylation sites (tertiary alicyclic amines) is 1. The summed E-state index contributed by atoms with van der Waals surface area (Å²) in [6.45, 7) is 9.96. The van der Waals surface area contributed by atoms with Gasteiger partial charge in [-0.05, 0) is 18.8 Å². The number of nitrogens with one attached hydrogen (secondary N) is 2. The van der Waals surface area contributed by atoms with Crippen molar-refractivity contribution in [3.8, 4) is 0 Å². The maximum Gasteiger partial charge on any atom is 0.250 e. The molecule has 2 saturated heterocycles. The average molecular weight is 342 g/mol. The van der Waals surface area contributed by atoms with E-state index < -0.39 is 0 Å². The van der Waals surface area contributed by atoms with E-state index in [4.69, 9.17) is 4.74 Å². The van der Waals surface area contributed by atoms with Gasteiger partial charge in [-0.25, -0.2) is 0 Å². The van der Waals surface area contributed by atoms with E-state index in [1.54, 1.807) is 0 Å². The molecule has 2 fully saturated rings. The number of halogens is 2. The number of hydrogen-bond donors (Lipinski definition) is 2. The Morgan fingerprint density at radius 3 is 2.52 bits per heavy atom. The van der Waals surface area contributed by atoms with Crippen molar-refractivity contribution in [3.05, 3.63) is 0 Å². The van der Waals surface area contributed by atoms with Gasteiger partial charge in [0.1, 0.15) is 6.10 Å². The molecule has 1 amide bonds. The predicted octanol–water partition coefficient (Wildman–Crippen LogP) is 1.05. The number of rotatable bonds is 4. The quantitative estimate of drug-likeness (QED) is 0.802. The van der Waals surface area contributed by atoms with E-state index in [9.17, 15) is 4.79 Å². The Morgan fingerprint density at radius 2 is 2.00 bits per heavy atom. The summed E-state index contributed by atoms with van der Waals surface area (Å²) in [4.78, 5) is 14.5. The van der Waals surface area contributed by atoms with Gasteiger partial charge in [-0.2, -0.15) is 0 Å². The number of morpholine rings is 1. The van der Waals surface area contributed by atoms with Crippen molar-refractivity contribution in [1.82, 2.24) is 15.5 Å². The van der Waals surface area contributed by atoms with Gasteiger partial charge in [0.05, 0.1) is 6.61 Å². The van der Waals surface area contributed by atoms with Gasteiger partial charge in [-0.3, -0.25) is 4.79 Å². The highest BCUT2D eigenvalue weighted by Gasteiger charge is 2.26. The molecule has 0 aromatic carbocycles. The van der Waals surface area contributed by atoms with Crippen LogP contribution in [0, 0.1) is 5.92 Å². The summed E-state index contributed by atoms with van der Waals surface area (Å²) >= 11 is 0. The predicted molar refractivity (Wildman–Crippen MR) is 89.5 cm³/mol. The molecule has 0 spiro atoms. The van der Waals surface area contributed by atoms with Crippen LogP contribution in [-0.2, 0) is 9.53 Å². The highest BCUT2D eigenvalue weighted by Crippen LogP contribution is 2.12. The molecule has 126 valence electrons. The minimum atomic E-state index is -0.303. The van der Waals surface area contributed by atoms with Crippen molar-refractivity contribution in [2.45, 2.75) is 38.8 Å². The first-order chi connectivity index (χ1) is 9.15. The Kier molecular flexibility index (Phi) is 10.6. The number of carbonyl (C=O) groups excluding carboxylic acids is 1. The van der Waals surface area contributed by atoms with Crippen LogP contribution in [0.4, 0.5) is 0 Å². The van der Waals surface area contributed by atoms with Gasteiger partial charge in [0, 0.05) is 38.8 Å². The van der Waals surface area contributed by atoms with E-state index in [2.05, 4.69) is 29.4 Å². The van der Waals surface area contributed by atoms with Crippen LogP contribution in [-0.4, -0.2) is 62.3 Å². The molecule has 2 heterocycles. The third-order valence-electron chi connectivity index (χ3n) is 3.78. The van der Waals surface area contributed by atoms with E-state index >= 15 is 0 Å². The lowest BCUT2D eigenvalue weighted by Crippen LogP contribution is -2.52. The molecular weight excluding hydrogens is 313 g/mol. The largest absolute Gasteiger partial charge is 0.366 e. The lowest BCUT2D eigenvalue weighted by atomic mass is 10.0. The molecule has 0 aliphatic carbocycles. The molecule has 2 N–H and O–H groups in total. The van der Waals surface area contributed by atoms with E-state index in [0.29, 0.717) is 25.1 Å². The van der Waals surface area contributed by atoms with Crippen LogP contribution in [0.5, 0.6) is 0 Å². The first-order valence-electron chi connectivity index (χ1n) is 7.50. The molecule has 0 saturated carbocycles. The number of piperidine rings is 1. The lowest BCUT2D eigenvalue weighted by Gasteiger charge is -2.34. The SMILES string of the molecule is CC(C)CN1CCC(NC(=O)C2CNCCO2)CC1.Cl.Cl. The van der Waals surface area contributed by atoms with Crippen molar-refractivity contribution in [2.75, 3.05) is 39.3 Å². The van der Waals surface area contributed by atoms with Crippen molar-refractivity contribution in [3.63, 3.8) is 0 Å². The van der Waals surface area contributed by atoms with E-state index in [1.807, 2.05) is 0 Å². The molecule has 0 radical (unpaired) electrons. The summed E-state index contributed by atoms with van der Waals surface area (Å²) in [5, 5.41) is 6.32. The molecule has 1 atom stereocenters. The average Bonchev–Trinajstić information content (AvgIpc) is 2.41. The Labute approximate surface area is 140 Å². The molecule has 0 aromatic rings. The number of hydrogen-bond acceptors (Lipinski definition) is 4. The Balaban J connectivity index is 0.00000200. The fourth-order valence-corrected chi connectivity index (χ4v) is 2.80. The zero-order valence-corrected chi connectivity index (χ0v) is 14.6. The molecule has 1 unspecified atom stereocenters.